The first-order valence-electron chi connectivity index (χ1n) is 6.75. The first kappa shape index (κ1) is 13.2. The molecule has 3 rings (SSSR count). The van der Waals surface area contributed by atoms with E-state index in [2.05, 4.69) is 16.9 Å². The van der Waals surface area contributed by atoms with Crippen molar-refractivity contribution in [3.63, 3.8) is 0 Å². The second-order valence-corrected chi connectivity index (χ2v) is 7.31. The zero-order chi connectivity index (χ0) is 13.1. The van der Waals surface area contributed by atoms with Crippen molar-refractivity contribution < 1.29 is 4.21 Å². The third-order valence-corrected chi connectivity index (χ3v) is 6.00. The van der Waals surface area contributed by atoms with E-state index in [1.54, 1.807) is 3.71 Å². The van der Waals surface area contributed by atoms with Gasteiger partial charge in [0.2, 0.25) is 11.2 Å². The second-order valence-electron chi connectivity index (χ2n) is 4.93. The van der Waals surface area contributed by atoms with Gasteiger partial charge in [-0.3, -0.25) is 0 Å². The molecular formula is C14H18N2OS2. The molecule has 1 heterocycles. The van der Waals surface area contributed by atoms with Gasteiger partial charge in [0, 0.05) is 29.1 Å². The van der Waals surface area contributed by atoms with Crippen molar-refractivity contribution in [2.24, 2.45) is 0 Å². The van der Waals surface area contributed by atoms with Gasteiger partial charge < -0.3 is 0 Å². The summed E-state index contributed by atoms with van der Waals surface area (Å²) in [6, 6.07) is 8.58. The lowest BCUT2D eigenvalue weighted by atomic mass is 9.96. The van der Waals surface area contributed by atoms with E-state index in [9.17, 15) is 4.21 Å². The van der Waals surface area contributed by atoms with Gasteiger partial charge in [-0.2, -0.15) is 0 Å². The molecule has 0 amide bonds. The van der Waals surface area contributed by atoms with Crippen molar-refractivity contribution in [1.29, 1.82) is 0 Å². The van der Waals surface area contributed by atoms with Crippen LogP contribution in [-0.4, -0.2) is 14.0 Å². The van der Waals surface area contributed by atoms with E-state index in [4.69, 9.17) is 0 Å². The molecule has 1 unspecified atom stereocenters. The normalized spacial score (nSPS) is 21.2. The van der Waals surface area contributed by atoms with Crippen molar-refractivity contribution in [2.75, 3.05) is 0 Å². The van der Waals surface area contributed by atoms with E-state index in [0.717, 1.165) is 17.7 Å². The van der Waals surface area contributed by atoms with Crippen LogP contribution in [0.2, 0.25) is 0 Å². The summed E-state index contributed by atoms with van der Waals surface area (Å²) in [7, 11) is 0. The molecule has 3 nitrogen and oxygen atoms in total. The highest BCUT2D eigenvalue weighted by Crippen LogP contribution is 2.33. The molecule has 19 heavy (non-hydrogen) atoms. The van der Waals surface area contributed by atoms with E-state index in [-0.39, 0.29) is 0 Å². The molecule has 1 aromatic rings. The molecule has 0 spiro atoms. The summed E-state index contributed by atoms with van der Waals surface area (Å²) < 4.78 is 17.4. The van der Waals surface area contributed by atoms with Crippen molar-refractivity contribution in [3.05, 3.63) is 36.0 Å². The predicted molar refractivity (Wildman–Crippen MR) is 81.3 cm³/mol. The molecule has 0 bridgehead atoms. The van der Waals surface area contributed by atoms with Gasteiger partial charge in [0.05, 0.1) is 0 Å². The van der Waals surface area contributed by atoms with Crippen molar-refractivity contribution in [1.82, 2.24) is 8.43 Å². The number of fused-ring (bicyclic) bond motifs is 1. The Morgan fingerprint density at radius 2 is 2.00 bits per heavy atom. The number of rotatable bonds is 3. The van der Waals surface area contributed by atoms with E-state index in [1.165, 1.54) is 36.8 Å². The van der Waals surface area contributed by atoms with E-state index >= 15 is 0 Å². The highest BCUT2D eigenvalue weighted by atomic mass is 32.2. The molecule has 1 atom stereocenters. The molecule has 0 radical (unpaired) electrons. The van der Waals surface area contributed by atoms with Crippen molar-refractivity contribution in [2.45, 2.75) is 43.0 Å². The van der Waals surface area contributed by atoms with E-state index in [0.29, 0.717) is 6.04 Å². The highest BCUT2D eigenvalue weighted by molar-refractivity contribution is 8.06. The third kappa shape index (κ3) is 3.22. The molecule has 102 valence electrons. The summed E-state index contributed by atoms with van der Waals surface area (Å²) >= 11 is 0.386. The van der Waals surface area contributed by atoms with Gasteiger partial charge in [-0.25, -0.2) is 12.6 Å². The Bertz CT molecular complexity index is 498. The largest absolute Gasteiger partial charge is 0.223 e. The first-order chi connectivity index (χ1) is 9.33. The quantitative estimate of drug-likeness (QED) is 0.866. The summed E-state index contributed by atoms with van der Waals surface area (Å²) in [5.74, 6) is 0. The van der Waals surface area contributed by atoms with E-state index in [1.807, 2.05) is 24.4 Å². The van der Waals surface area contributed by atoms with Crippen LogP contribution in [0.25, 0.3) is 6.08 Å². The monoisotopic (exact) mass is 294 g/mol. The zero-order valence-electron chi connectivity index (χ0n) is 10.7. The molecule has 1 aromatic carbocycles. The summed E-state index contributed by atoms with van der Waals surface area (Å²) in [5.41, 5.74) is 1.19. The van der Waals surface area contributed by atoms with Crippen LogP contribution in [-0.2, 0) is 11.2 Å². The van der Waals surface area contributed by atoms with Gasteiger partial charge in [0.15, 0.2) is 0 Å². The van der Waals surface area contributed by atoms with Gasteiger partial charge >= 0.3 is 0 Å². The Morgan fingerprint density at radius 1 is 1.21 bits per heavy atom. The Labute approximate surface area is 121 Å². The molecule has 1 N–H and O–H groups in total. The van der Waals surface area contributed by atoms with Crippen molar-refractivity contribution in [3.8, 4) is 0 Å². The molecule has 1 aliphatic heterocycles. The lowest BCUT2D eigenvalue weighted by molar-refractivity contribution is 0.417. The fraction of sp³-hybridized carbons (Fsp3) is 0.429. The molecule has 2 aliphatic rings. The number of hydrogen-bond acceptors (Lipinski definition) is 2. The average molecular weight is 294 g/mol. The van der Waals surface area contributed by atoms with Gasteiger partial charge in [-0.15, -0.1) is 0 Å². The van der Waals surface area contributed by atoms with Crippen LogP contribution in [0.5, 0.6) is 0 Å². The van der Waals surface area contributed by atoms with Gasteiger partial charge in [0.25, 0.3) is 0 Å². The minimum Gasteiger partial charge on any atom is -0.223 e. The molecular weight excluding hydrogens is 276 g/mol. The molecule has 0 aromatic heterocycles. The van der Waals surface area contributed by atoms with Crippen LogP contribution in [0.3, 0.4) is 0 Å². The Hall–Kier alpha value is -0.780. The molecule has 1 aliphatic carbocycles. The smallest absolute Gasteiger partial charge is 0.206 e. The van der Waals surface area contributed by atoms with Crippen LogP contribution < -0.4 is 4.72 Å². The summed E-state index contributed by atoms with van der Waals surface area (Å²) in [6.45, 7) is 0. The summed E-state index contributed by atoms with van der Waals surface area (Å²) in [5, 5.41) is 0. The van der Waals surface area contributed by atoms with Gasteiger partial charge in [-0.05, 0) is 30.5 Å². The summed E-state index contributed by atoms with van der Waals surface area (Å²) in [4.78, 5) is 1.16. The third-order valence-electron chi connectivity index (χ3n) is 3.52. The number of nitrogens with zero attached hydrogens (tertiary/aromatic N) is 1. The number of hydrogen-bond donors (Lipinski definition) is 1. The fourth-order valence-electron chi connectivity index (χ4n) is 2.47. The fourth-order valence-corrected chi connectivity index (χ4v) is 4.61. The van der Waals surface area contributed by atoms with Crippen LogP contribution in [0.1, 0.15) is 37.7 Å². The average Bonchev–Trinajstić information content (AvgIpc) is 2.48. The molecule has 1 saturated carbocycles. The summed E-state index contributed by atoms with van der Waals surface area (Å²) in [6.07, 6.45) is 10.0. The first-order valence-corrected chi connectivity index (χ1v) is 8.63. The SMILES string of the molecule is O=S(NC1CCCCC1)N1C=Cc2ccccc2S1. The maximum Gasteiger partial charge on any atom is 0.206 e. The van der Waals surface area contributed by atoms with Crippen LogP contribution in [0, 0.1) is 0 Å². The minimum absolute atomic E-state index is 0.403. The molecule has 5 heteroatoms. The topological polar surface area (TPSA) is 32.3 Å². The lowest BCUT2D eigenvalue weighted by Crippen LogP contribution is -2.37. The molecule has 1 fully saturated rings. The molecule has 0 saturated heterocycles. The Kier molecular flexibility index (Phi) is 4.25. The predicted octanol–water partition coefficient (Wildman–Crippen LogP) is 3.48. The highest BCUT2D eigenvalue weighted by Gasteiger charge is 2.21. The minimum atomic E-state index is -1.15. The Balaban J connectivity index is 1.63. The standard InChI is InChI=1S/C14H18N2OS2/c17-19(15-13-7-2-1-3-8-13)16-11-10-12-6-4-5-9-14(12)18-16/h4-6,9-11,13,15H,1-3,7-8H2. The van der Waals surface area contributed by atoms with Gasteiger partial charge in [-0.1, -0.05) is 37.5 Å². The number of benzene rings is 1. The van der Waals surface area contributed by atoms with Gasteiger partial charge in [0.1, 0.15) is 0 Å². The van der Waals surface area contributed by atoms with Crippen LogP contribution in [0.15, 0.2) is 35.4 Å². The lowest BCUT2D eigenvalue weighted by Gasteiger charge is -2.27. The Morgan fingerprint density at radius 3 is 2.84 bits per heavy atom. The number of nitrogens with one attached hydrogen (secondary N) is 1. The second kappa shape index (κ2) is 6.11. The maximum atomic E-state index is 12.3. The zero-order valence-corrected chi connectivity index (χ0v) is 12.4. The van der Waals surface area contributed by atoms with Crippen LogP contribution in [0.4, 0.5) is 0 Å². The van der Waals surface area contributed by atoms with E-state index < -0.39 is 11.2 Å². The van der Waals surface area contributed by atoms with Crippen LogP contribution >= 0.6 is 11.9 Å². The maximum absolute atomic E-state index is 12.3. The van der Waals surface area contributed by atoms with Crippen molar-refractivity contribution >= 4 is 29.2 Å².